The summed E-state index contributed by atoms with van der Waals surface area (Å²) in [5.74, 6) is 0.913. The van der Waals surface area contributed by atoms with Gasteiger partial charge in [0.05, 0.1) is 38.5 Å². The van der Waals surface area contributed by atoms with Crippen LogP contribution in [0.4, 0.5) is 10.1 Å². The smallest absolute Gasteiger partial charge is 0.264 e. The summed E-state index contributed by atoms with van der Waals surface area (Å²) in [6.07, 6.45) is 0. The molecule has 0 radical (unpaired) electrons. The molecule has 8 heteroatoms. The summed E-state index contributed by atoms with van der Waals surface area (Å²) in [4.78, 5) is -0.153. The van der Waals surface area contributed by atoms with Gasteiger partial charge in [-0.1, -0.05) is 12.1 Å². The molecule has 158 valence electrons. The first kappa shape index (κ1) is 21.4. The SMILES string of the molecule is COc1cc(CN(c2cccc(OC)c2)S(=O)(=O)c2cccc(F)c2)cc(OC)c1. The van der Waals surface area contributed by atoms with Gasteiger partial charge in [0.25, 0.3) is 10.0 Å². The van der Waals surface area contributed by atoms with E-state index in [0.717, 1.165) is 6.07 Å². The van der Waals surface area contributed by atoms with Gasteiger partial charge in [-0.05, 0) is 48.0 Å². The Bertz CT molecular complexity index is 1110. The predicted molar refractivity (Wildman–Crippen MR) is 112 cm³/mol. The molecule has 3 rings (SSSR count). The lowest BCUT2D eigenvalue weighted by Gasteiger charge is -2.25. The van der Waals surface area contributed by atoms with E-state index in [0.29, 0.717) is 28.5 Å². The zero-order valence-corrected chi connectivity index (χ0v) is 17.6. The fourth-order valence-corrected chi connectivity index (χ4v) is 4.44. The zero-order valence-electron chi connectivity index (χ0n) is 16.8. The Morgan fingerprint density at radius 2 is 1.43 bits per heavy atom. The van der Waals surface area contributed by atoms with Gasteiger partial charge in [0.2, 0.25) is 0 Å². The van der Waals surface area contributed by atoms with Crippen LogP contribution in [0.5, 0.6) is 17.2 Å². The van der Waals surface area contributed by atoms with E-state index < -0.39 is 15.8 Å². The van der Waals surface area contributed by atoms with Gasteiger partial charge in [-0.15, -0.1) is 0 Å². The minimum atomic E-state index is -4.08. The Morgan fingerprint density at radius 3 is 2.03 bits per heavy atom. The van der Waals surface area contributed by atoms with Gasteiger partial charge < -0.3 is 14.2 Å². The highest BCUT2D eigenvalue weighted by Crippen LogP contribution is 2.31. The maximum atomic E-state index is 13.8. The van der Waals surface area contributed by atoms with Crippen LogP contribution in [0.3, 0.4) is 0 Å². The summed E-state index contributed by atoms with van der Waals surface area (Å²) in [6, 6.07) is 16.7. The fraction of sp³-hybridized carbons (Fsp3) is 0.182. The standard InChI is InChI=1S/C22H22FNO5S/c1-27-19-8-5-7-18(13-19)24(30(25,26)22-9-4-6-17(23)12-22)15-16-10-20(28-2)14-21(11-16)29-3/h4-14H,15H2,1-3H3. The molecule has 0 aromatic heterocycles. The Labute approximate surface area is 175 Å². The number of methoxy groups -OCH3 is 3. The van der Waals surface area contributed by atoms with Crippen LogP contribution < -0.4 is 18.5 Å². The normalized spacial score (nSPS) is 11.1. The van der Waals surface area contributed by atoms with Crippen molar-refractivity contribution in [2.24, 2.45) is 0 Å². The molecule has 0 spiro atoms. The summed E-state index contributed by atoms with van der Waals surface area (Å²) in [7, 11) is 0.446. The molecule has 0 amide bonds. The highest BCUT2D eigenvalue weighted by molar-refractivity contribution is 7.92. The van der Waals surface area contributed by atoms with Gasteiger partial charge in [-0.2, -0.15) is 0 Å². The third-order valence-electron chi connectivity index (χ3n) is 4.46. The second-order valence-corrected chi connectivity index (χ2v) is 8.25. The fourth-order valence-electron chi connectivity index (χ4n) is 2.96. The first-order chi connectivity index (χ1) is 14.4. The monoisotopic (exact) mass is 431 g/mol. The maximum Gasteiger partial charge on any atom is 0.264 e. The molecular weight excluding hydrogens is 409 g/mol. The average Bonchev–Trinajstić information content (AvgIpc) is 2.77. The molecule has 3 aromatic carbocycles. The zero-order chi connectivity index (χ0) is 21.7. The molecule has 3 aromatic rings. The van der Waals surface area contributed by atoms with Crippen LogP contribution in [0.25, 0.3) is 0 Å². The van der Waals surface area contributed by atoms with Crippen molar-refractivity contribution in [3.05, 3.63) is 78.1 Å². The quantitative estimate of drug-likeness (QED) is 0.534. The molecule has 0 fully saturated rings. The number of sulfonamides is 1. The van der Waals surface area contributed by atoms with Crippen LogP contribution in [0.15, 0.2) is 71.6 Å². The van der Waals surface area contributed by atoms with E-state index in [1.165, 1.54) is 43.8 Å². The number of rotatable bonds is 8. The number of ether oxygens (including phenoxy) is 3. The third-order valence-corrected chi connectivity index (χ3v) is 6.23. The van der Waals surface area contributed by atoms with Gasteiger partial charge in [0.1, 0.15) is 23.1 Å². The van der Waals surface area contributed by atoms with Gasteiger partial charge in [0.15, 0.2) is 0 Å². The average molecular weight is 431 g/mol. The van der Waals surface area contributed by atoms with E-state index in [1.807, 2.05) is 0 Å². The Morgan fingerprint density at radius 1 is 0.800 bits per heavy atom. The topological polar surface area (TPSA) is 65.1 Å². The van der Waals surface area contributed by atoms with Crippen LogP contribution in [0.2, 0.25) is 0 Å². The predicted octanol–water partition coefficient (Wildman–Crippen LogP) is 4.25. The van der Waals surface area contributed by atoms with Crippen molar-refractivity contribution in [1.82, 2.24) is 0 Å². The summed E-state index contributed by atoms with van der Waals surface area (Å²) in [6.45, 7) is -0.0282. The maximum absolute atomic E-state index is 13.8. The second-order valence-electron chi connectivity index (χ2n) is 6.39. The van der Waals surface area contributed by atoms with Gasteiger partial charge in [-0.25, -0.2) is 12.8 Å². The van der Waals surface area contributed by atoms with E-state index in [4.69, 9.17) is 14.2 Å². The number of hydrogen-bond acceptors (Lipinski definition) is 5. The van der Waals surface area contributed by atoms with Gasteiger partial charge in [0, 0.05) is 12.1 Å². The van der Waals surface area contributed by atoms with E-state index in [1.54, 1.807) is 42.5 Å². The minimum absolute atomic E-state index is 0.0282. The number of hydrogen-bond donors (Lipinski definition) is 0. The molecule has 0 unspecified atom stereocenters. The van der Waals surface area contributed by atoms with Crippen molar-refractivity contribution in [3.63, 3.8) is 0 Å². The Hall–Kier alpha value is -3.26. The van der Waals surface area contributed by atoms with Crippen molar-refractivity contribution in [2.75, 3.05) is 25.6 Å². The largest absolute Gasteiger partial charge is 0.497 e. The number of nitrogens with zero attached hydrogens (tertiary/aromatic N) is 1. The lowest BCUT2D eigenvalue weighted by molar-refractivity contribution is 0.393. The van der Waals surface area contributed by atoms with Crippen LogP contribution in [0, 0.1) is 5.82 Å². The van der Waals surface area contributed by atoms with Crippen LogP contribution in [-0.2, 0) is 16.6 Å². The summed E-state index contributed by atoms with van der Waals surface area (Å²) >= 11 is 0. The van der Waals surface area contributed by atoms with E-state index in [2.05, 4.69) is 0 Å². The van der Waals surface area contributed by atoms with Crippen molar-refractivity contribution in [2.45, 2.75) is 11.4 Å². The first-order valence-corrected chi connectivity index (χ1v) is 10.5. The molecule has 0 aliphatic rings. The summed E-state index contributed by atoms with van der Waals surface area (Å²) in [5.41, 5.74) is 1.01. The van der Waals surface area contributed by atoms with Crippen molar-refractivity contribution >= 4 is 15.7 Å². The number of anilines is 1. The Kier molecular flexibility index (Phi) is 6.47. The third kappa shape index (κ3) is 4.65. The lowest BCUT2D eigenvalue weighted by Crippen LogP contribution is -2.30. The molecule has 0 heterocycles. The molecule has 0 atom stereocenters. The van der Waals surface area contributed by atoms with Gasteiger partial charge >= 0.3 is 0 Å². The van der Waals surface area contributed by atoms with Crippen molar-refractivity contribution < 1.29 is 27.0 Å². The molecular formula is C22H22FNO5S. The minimum Gasteiger partial charge on any atom is -0.497 e. The molecule has 0 saturated heterocycles. The highest BCUT2D eigenvalue weighted by atomic mass is 32.2. The molecule has 30 heavy (non-hydrogen) atoms. The van der Waals surface area contributed by atoms with E-state index in [-0.39, 0.29) is 11.4 Å². The molecule has 0 bridgehead atoms. The molecule has 0 N–H and O–H groups in total. The second kappa shape index (κ2) is 9.04. The van der Waals surface area contributed by atoms with Crippen molar-refractivity contribution in [3.8, 4) is 17.2 Å². The van der Waals surface area contributed by atoms with Crippen LogP contribution >= 0.6 is 0 Å². The Balaban J connectivity index is 2.13. The molecule has 6 nitrogen and oxygen atoms in total. The highest BCUT2D eigenvalue weighted by Gasteiger charge is 2.26. The number of benzene rings is 3. The van der Waals surface area contributed by atoms with Gasteiger partial charge in [-0.3, -0.25) is 4.31 Å². The molecule has 0 aliphatic heterocycles. The molecule has 0 aliphatic carbocycles. The van der Waals surface area contributed by atoms with Crippen LogP contribution in [-0.4, -0.2) is 29.7 Å². The number of halogens is 1. The molecule has 0 saturated carbocycles. The lowest BCUT2D eigenvalue weighted by atomic mass is 10.2. The summed E-state index contributed by atoms with van der Waals surface area (Å²) < 4.78 is 57.7. The van der Waals surface area contributed by atoms with E-state index in [9.17, 15) is 12.8 Å². The first-order valence-electron chi connectivity index (χ1n) is 9.01. The van der Waals surface area contributed by atoms with Crippen molar-refractivity contribution in [1.29, 1.82) is 0 Å². The van der Waals surface area contributed by atoms with Crippen LogP contribution in [0.1, 0.15) is 5.56 Å². The van der Waals surface area contributed by atoms with E-state index >= 15 is 0 Å². The summed E-state index contributed by atoms with van der Waals surface area (Å²) in [5, 5.41) is 0.